The Balaban J connectivity index is 1.51. The second kappa shape index (κ2) is 5.97. The van der Waals surface area contributed by atoms with Crippen LogP contribution in [0.2, 0.25) is 0 Å². The smallest absolute Gasteiger partial charge is 0.274 e. The maximum absolute atomic E-state index is 12.7. The summed E-state index contributed by atoms with van der Waals surface area (Å²) in [5, 5.41) is 4.18. The van der Waals surface area contributed by atoms with Crippen molar-refractivity contribution >= 4 is 22.8 Å². The second-order valence-corrected chi connectivity index (χ2v) is 6.01. The summed E-state index contributed by atoms with van der Waals surface area (Å²) in [6, 6.07) is 7.46. The van der Waals surface area contributed by atoms with Gasteiger partial charge in [-0.25, -0.2) is 4.98 Å². The third-order valence-electron chi connectivity index (χ3n) is 4.38. The normalized spacial score (nSPS) is 17.1. The van der Waals surface area contributed by atoms with Crippen LogP contribution in [0.1, 0.15) is 33.3 Å². The Morgan fingerprint density at radius 1 is 1.16 bits per heavy atom. The molecule has 0 spiro atoms. The first-order valence-electron chi connectivity index (χ1n) is 7.97. The van der Waals surface area contributed by atoms with Crippen LogP contribution in [0.25, 0.3) is 11.0 Å². The third-order valence-corrected chi connectivity index (χ3v) is 4.38. The van der Waals surface area contributed by atoms with E-state index in [1.54, 1.807) is 15.8 Å². The van der Waals surface area contributed by atoms with Crippen molar-refractivity contribution < 1.29 is 9.59 Å². The number of carbonyl (C=O) groups is 2. The standard InChI is InChI=1S/C17H16N6O2/c18-16(24)11-7-20-23(9-11)12-5-6-22(10-12)17(25)15-8-19-13-3-1-2-4-14(13)21-15/h1-4,7-9,12H,5-6,10H2,(H2,18,24). The molecule has 2 amide bonds. The molecule has 1 aliphatic rings. The molecule has 0 saturated carbocycles. The number of hydrogen-bond acceptors (Lipinski definition) is 5. The first kappa shape index (κ1) is 15.3. The number of carbonyl (C=O) groups excluding carboxylic acids is 2. The van der Waals surface area contributed by atoms with Crippen LogP contribution < -0.4 is 5.73 Å². The van der Waals surface area contributed by atoms with Gasteiger partial charge in [0.05, 0.1) is 35.0 Å². The van der Waals surface area contributed by atoms with Gasteiger partial charge in [0.25, 0.3) is 11.8 Å². The molecule has 3 aromatic rings. The summed E-state index contributed by atoms with van der Waals surface area (Å²) in [6.45, 7) is 1.11. The fourth-order valence-electron chi connectivity index (χ4n) is 3.03. The zero-order valence-corrected chi connectivity index (χ0v) is 13.4. The molecule has 1 aromatic carbocycles. The van der Waals surface area contributed by atoms with E-state index in [1.165, 1.54) is 12.4 Å². The first-order chi connectivity index (χ1) is 12.1. The quantitative estimate of drug-likeness (QED) is 0.768. The van der Waals surface area contributed by atoms with Crippen LogP contribution >= 0.6 is 0 Å². The average molecular weight is 336 g/mol. The van der Waals surface area contributed by atoms with Crippen LogP contribution in [-0.2, 0) is 0 Å². The van der Waals surface area contributed by atoms with Crippen LogP contribution in [0.3, 0.4) is 0 Å². The van der Waals surface area contributed by atoms with Gasteiger partial charge >= 0.3 is 0 Å². The minimum absolute atomic E-state index is 0.0189. The Morgan fingerprint density at radius 3 is 2.72 bits per heavy atom. The molecule has 8 nitrogen and oxygen atoms in total. The Labute approximate surface area is 143 Å². The number of amides is 2. The van der Waals surface area contributed by atoms with Crippen molar-refractivity contribution in [3.8, 4) is 0 Å². The summed E-state index contributed by atoms with van der Waals surface area (Å²) in [4.78, 5) is 34.3. The second-order valence-electron chi connectivity index (χ2n) is 6.01. The van der Waals surface area contributed by atoms with Gasteiger partial charge in [-0.15, -0.1) is 0 Å². The molecular formula is C17H16N6O2. The molecule has 2 aromatic heterocycles. The van der Waals surface area contributed by atoms with Crippen LogP contribution in [-0.4, -0.2) is 49.6 Å². The number of aromatic nitrogens is 4. The fraction of sp³-hybridized carbons (Fsp3) is 0.235. The van der Waals surface area contributed by atoms with Crippen molar-refractivity contribution in [1.29, 1.82) is 0 Å². The van der Waals surface area contributed by atoms with Gasteiger partial charge in [0, 0.05) is 19.3 Å². The van der Waals surface area contributed by atoms with Gasteiger partial charge < -0.3 is 10.6 Å². The number of likely N-dealkylation sites (tertiary alicyclic amines) is 1. The van der Waals surface area contributed by atoms with Crippen molar-refractivity contribution in [3.63, 3.8) is 0 Å². The molecule has 3 heterocycles. The topological polar surface area (TPSA) is 107 Å². The number of fused-ring (bicyclic) bond motifs is 1. The van der Waals surface area contributed by atoms with E-state index in [0.29, 0.717) is 29.9 Å². The molecule has 1 atom stereocenters. The van der Waals surface area contributed by atoms with E-state index in [4.69, 9.17) is 5.73 Å². The zero-order valence-electron chi connectivity index (χ0n) is 13.4. The number of para-hydroxylation sites is 2. The number of primary amides is 1. The molecule has 1 unspecified atom stereocenters. The largest absolute Gasteiger partial charge is 0.366 e. The Morgan fingerprint density at radius 2 is 1.96 bits per heavy atom. The zero-order chi connectivity index (χ0) is 17.4. The van der Waals surface area contributed by atoms with Crippen molar-refractivity contribution in [2.45, 2.75) is 12.5 Å². The van der Waals surface area contributed by atoms with Crippen LogP contribution in [0, 0.1) is 0 Å². The molecule has 25 heavy (non-hydrogen) atoms. The van der Waals surface area contributed by atoms with E-state index in [0.717, 1.165) is 11.9 Å². The van der Waals surface area contributed by atoms with E-state index in [2.05, 4.69) is 15.1 Å². The lowest BCUT2D eigenvalue weighted by Gasteiger charge is -2.16. The minimum atomic E-state index is -0.511. The summed E-state index contributed by atoms with van der Waals surface area (Å²) in [5.41, 5.74) is 7.40. The highest BCUT2D eigenvalue weighted by Crippen LogP contribution is 2.23. The molecule has 8 heteroatoms. The molecule has 0 aliphatic carbocycles. The van der Waals surface area contributed by atoms with Gasteiger partial charge in [0.15, 0.2) is 0 Å². The van der Waals surface area contributed by atoms with Crippen molar-refractivity contribution in [1.82, 2.24) is 24.6 Å². The van der Waals surface area contributed by atoms with Gasteiger partial charge in [-0.05, 0) is 18.6 Å². The molecular weight excluding hydrogens is 320 g/mol. The minimum Gasteiger partial charge on any atom is -0.366 e. The van der Waals surface area contributed by atoms with Crippen molar-refractivity contribution in [2.24, 2.45) is 5.73 Å². The van der Waals surface area contributed by atoms with E-state index in [-0.39, 0.29) is 11.9 Å². The van der Waals surface area contributed by atoms with Gasteiger partial charge in [0.2, 0.25) is 0 Å². The average Bonchev–Trinajstić information content (AvgIpc) is 3.30. The number of nitrogens with zero attached hydrogens (tertiary/aromatic N) is 5. The molecule has 1 fully saturated rings. The molecule has 1 saturated heterocycles. The van der Waals surface area contributed by atoms with Crippen LogP contribution in [0.15, 0.2) is 42.9 Å². The molecule has 0 bridgehead atoms. The highest BCUT2D eigenvalue weighted by Gasteiger charge is 2.29. The lowest BCUT2D eigenvalue weighted by atomic mass is 10.2. The maximum Gasteiger partial charge on any atom is 0.274 e. The Hall–Kier alpha value is -3.29. The summed E-state index contributed by atoms with van der Waals surface area (Å²) < 4.78 is 1.69. The van der Waals surface area contributed by atoms with E-state index in [1.807, 2.05) is 24.3 Å². The molecule has 4 rings (SSSR count). The van der Waals surface area contributed by atoms with Crippen molar-refractivity contribution in [3.05, 3.63) is 54.1 Å². The summed E-state index contributed by atoms with van der Waals surface area (Å²) >= 11 is 0. The number of hydrogen-bond donors (Lipinski definition) is 1. The first-order valence-corrected chi connectivity index (χ1v) is 7.97. The summed E-state index contributed by atoms with van der Waals surface area (Å²) in [7, 11) is 0. The molecule has 1 aliphatic heterocycles. The fourth-order valence-corrected chi connectivity index (χ4v) is 3.03. The monoisotopic (exact) mass is 336 g/mol. The lowest BCUT2D eigenvalue weighted by molar-refractivity contribution is 0.0781. The number of benzene rings is 1. The highest BCUT2D eigenvalue weighted by atomic mass is 16.2. The van der Waals surface area contributed by atoms with Crippen molar-refractivity contribution in [2.75, 3.05) is 13.1 Å². The van der Waals surface area contributed by atoms with Gasteiger partial charge in [-0.3, -0.25) is 19.3 Å². The Kier molecular flexibility index (Phi) is 3.64. The lowest BCUT2D eigenvalue weighted by Crippen LogP contribution is -2.30. The number of rotatable bonds is 3. The molecule has 2 N–H and O–H groups in total. The maximum atomic E-state index is 12.7. The molecule has 0 radical (unpaired) electrons. The predicted octanol–water partition coefficient (Wildman–Crippen LogP) is 1.01. The van der Waals surface area contributed by atoms with Gasteiger partial charge in [-0.1, -0.05) is 12.1 Å². The number of nitrogens with two attached hydrogens (primary N) is 1. The van der Waals surface area contributed by atoms with Crippen LogP contribution in [0.4, 0.5) is 0 Å². The van der Waals surface area contributed by atoms with Gasteiger partial charge in [0.1, 0.15) is 5.69 Å². The van der Waals surface area contributed by atoms with Crippen LogP contribution in [0.5, 0.6) is 0 Å². The molecule has 126 valence electrons. The van der Waals surface area contributed by atoms with E-state index >= 15 is 0 Å². The summed E-state index contributed by atoms with van der Waals surface area (Å²) in [5.74, 6) is -0.661. The highest BCUT2D eigenvalue weighted by molar-refractivity contribution is 5.94. The predicted molar refractivity (Wildman–Crippen MR) is 89.8 cm³/mol. The summed E-state index contributed by atoms with van der Waals surface area (Å²) in [6.07, 6.45) is 5.34. The van der Waals surface area contributed by atoms with Gasteiger partial charge in [-0.2, -0.15) is 5.10 Å². The van der Waals surface area contributed by atoms with E-state index in [9.17, 15) is 9.59 Å². The Bertz CT molecular complexity index is 966. The third kappa shape index (κ3) is 2.82. The SMILES string of the molecule is NC(=O)c1cnn(C2CCN(C(=O)c3cnc4ccccc4n3)C2)c1. The van der Waals surface area contributed by atoms with E-state index < -0.39 is 5.91 Å².